The van der Waals surface area contributed by atoms with Gasteiger partial charge in [0.2, 0.25) is 5.82 Å². The summed E-state index contributed by atoms with van der Waals surface area (Å²) in [4.78, 5) is 21.7. The van der Waals surface area contributed by atoms with Crippen molar-refractivity contribution in [3.63, 3.8) is 0 Å². The van der Waals surface area contributed by atoms with E-state index >= 15 is 0 Å². The number of carbonyl (C=O) groups excluding carboxylic acids is 1. The molecule has 0 atom stereocenters. The Morgan fingerprint density at radius 2 is 2.05 bits per heavy atom. The monoisotopic (exact) mass is 286 g/mol. The summed E-state index contributed by atoms with van der Waals surface area (Å²) in [6, 6.07) is 1.73. The van der Waals surface area contributed by atoms with E-state index in [1.54, 1.807) is 0 Å². The van der Waals surface area contributed by atoms with Gasteiger partial charge in [0.1, 0.15) is 0 Å². The van der Waals surface area contributed by atoms with E-state index in [4.69, 9.17) is 11.6 Å². The molecule has 1 saturated carbocycles. The van der Waals surface area contributed by atoms with E-state index < -0.39 is 22.3 Å². The molecule has 1 aliphatic rings. The van der Waals surface area contributed by atoms with Crippen molar-refractivity contribution in [1.29, 1.82) is 0 Å². The van der Waals surface area contributed by atoms with E-state index in [9.17, 15) is 19.3 Å². The van der Waals surface area contributed by atoms with Gasteiger partial charge in [0.15, 0.2) is 0 Å². The molecule has 0 saturated heterocycles. The van der Waals surface area contributed by atoms with E-state index in [1.165, 1.54) is 0 Å². The lowest BCUT2D eigenvalue weighted by molar-refractivity contribution is -0.387. The van der Waals surface area contributed by atoms with Crippen molar-refractivity contribution in [3.05, 3.63) is 38.7 Å². The fourth-order valence-corrected chi connectivity index (χ4v) is 2.42. The summed E-state index contributed by atoms with van der Waals surface area (Å²) in [6.45, 7) is 0. The number of hydrogen-bond donors (Lipinski definition) is 1. The van der Waals surface area contributed by atoms with Crippen LogP contribution in [0.1, 0.15) is 36.0 Å². The van der Waals surface area contributed by atoms with Gasteiger partial charge in [-0.25, -0.2) is 0 Å². The standard InChI is InChI=1S/C12H12ClFN2O3/c13-9-6-10(14)11(16(18)19)5-8(9)12(17)15-7-3-1-2-4-7/h5-7H,1-4H2,(H,15,17). The maximum atomic E-state index is 13.3. The Morgan fingerprint density at radius 3 is 2.63 bits per heavy atom. The molecule has 1 aliphatic carbocycles. The lowest BCUT2D eigenvalue weighted by atomic mass is 10.1. The first kappa shape index (κ1) is 13.7. The Bertz CT molecular complexity index is 530. The van der Waals surface area contributed by atoms with Crippen LogP contribution in [0.15, 0.2) is 12.1 Å². The molecule has 0 aliphatic heterocycles. The van der Waals surface area contributed by atoms with Crippen LogP contribution in [0.3, 0.4) is 0 Å². The summed E-state index contributed by atoms with van der Waals surface area (Å²) < 4.78 is 13.3. The third-order valence-electron chi connectivity index (χ3n) is 3.17. The van der Waals surface area contributed by atoms with Gasteiger partial charge in [-0.2, -0.15) is 4.39 Å². The Morgan fingerprint density at radius 1 is 1.42 bits per heavy atom. The fraction of sp³-hybridized carbons (Fsp3) is 0.417. The molecule has 1 N–H and O–H groups in total. The van der Waals surface area contributed by atoms with Crippen molar-refractivity contribution in [2.75, 3.05) is 0 Å². The molecule has 0 aromatic heterocycles. The molecule has 1 amide bonds. The van der Waals surface area contributed by atoms with Crippen molar-refractivity contribution in [2.45, 2.75) is 31.7 Å². The van der Waals surface area contributed by atoms with Gasteiger partial charge in [0, 0.05) is 18.2 Å². The minimum Gasteiger partial charge on any atom is -0.349 e. The van der Waals surface area contributed by atoms with E-state index in [-0.39, 0.29) is 16.6 Å². The Balaban J connectivity index is 2.25. The number of amides is 1. The van der Waals surface area contributed by atoms with Crippen molar-refractivity contribution in [1.82, 2.24) is 5.32 Å². The summed E-state index contributed by atoms with van der Waals surface area (Å²) in [6.07, 6.45) is 3.85. The number of hydrogen-bond acceptors (Lipinski definition) is 3. The maximum absolute atomic E-state index is 13.3. The van der Waals surface area contributed by atoms with Crippen LogP contribution < -0.4 is 5.32 Å². The molecule has 5 nitrogen and oxygen atoms in total. The first-order valence-corrected chi connectivity index (χ1v) is 6.31. The minimum atomic E-state index is -1.05. The Kier molecular flexibility index (Phi) is 3.99. The first-order chi connectivity index (χ1) is 8.99. The van der Waals surface area contributed by atoms with E-state index in [2.05, 4.69) is 5.32 Å². The molecule has 0 radical (unpaired) electrons. The van der Waals surface area contributed by atoms with Crippen LogP contribution in [-0.2, 0) is 0 Å². The van der Waals surface area contributed by atoms with E-state index in [1.807, 2.05) is 0 Å². The van der Waals surface area contributed by atoms with Crippen LogP contribution >= 0.6 is 11.6 Å². The number of nitrogens with one attached hydrogen (secondary N) is 1. The highest BCUT2D eigenvalue weighted by Crippen LogP contribution is 2.26. The van der Waals surface area contributed by atoms with Crippen molar-refractivity contribution < 1.29 is 14.1 Å². The van der Waals surface area contributed by atoms with Gasteiger partial charge < -0.3 is 5.32 Å². The average molecular weight is 287 g/mol. The fourth-order valence-electron chi connectivity index (χ4n) is 2.18. The lowest BCUT2D eigenvalue weighted by Crippen LogP contribution is -2.32. The van der Waals surface area contributed by atoms with E-state index in [0.29, 0.717) is 0 Å². The molecule has 0 spiro atoms. The topological polar surface area (TPSA) is 72.2 Å². The molecule has 0 heterocycles. The van der Waals surface area contributed by atoms with Gasteiger partial charge in [0.25, 0.3) is 5.91 Å². The van der Waals surface area contributed by atoms with Gasteiger partial charge in [-0.1, -0.05) is 24.4 Å². The molecule has 7 heteroatoms. The van der Waals surface area contributed by atoms with Crippen LogP contribution in [-0.4, -0.2) is 16.9 Å². The first-order valence-electron chi connectivity index (χ1n) is 5.93. The summed E-state index contributed by atoms with van der Waals surface area (Å²) in [5, 5.41) is 13.3. The van der Waals surface area contributed by atoms with Crippen LogP contribution in [0.5, 0.6) is 0 Å². The summed E-state index contributed by atoms with van der Waals surface area (Å²) in [5.74, 6) is -1.55. The van der Waals surface area contributed by atoms with Gasteiger partial charge in [-0.05, 0) is 12.8 Å². The molecule has 19 heavy (non-hydrogen) atoms. The molecular weight excluding hydrogens is 275 g/mol. The van der Waals surface area contributed by atoms with Crippen molar-refractivity contribution >= 4 is 23.2 Å². The molecule has 0 bridgehead atoms. The molecular formula is C12H12ClFN2O3. The zero-order valence-corrected chi connectivity index (χ0v) is 10.7. The van der Waals surface area contributed by atoms with Gasteiger partial charge in [-0.15, -0.1) is 0 Å². The van der Waals surface area contributed by atoms with Gasteiger partial charge >= 0.3 is 5.69 Å². The molecule has 0 unspecified atom stereocenters. The summed E-state index contributed by atoms with van der Waals surface area (Å²) >= 11 is 5.76. The third kappa shape index (κ3) is 3.01. The number of nitro groups is 1. The number of nitro benzene ring substituents is 1. The quantitative estimate of drug-likeness (QED) is 0.685. The van der Waals surface area contributed by atoms with E-state index in [0.717, 1.165) is 37.8 Å². The highest BCUT2D eigenvalue weighted by atomic mass is 35.5. The maximum Gasteiger partial charge on any atom is 0.305 e. The predicted octanol–water partition coefficient (Wildman–Crippen LogP) is 3.06. The van der Waals surface area contributed by atoms with Crippen molar-refractivity contribution in [2.24, 2.45) is 0 Å². The molecule has 1 fully saturated rings. The molecule has 102 valence electrons. The summed E-state index contributed by atoms with van der Waals surface area (Å²) in [7, 11) is 0. The number of rotatable bonds is 3. The minimum absolute atomic E-state index is 0.0627. The zero-order chi connectivity index (χ0) is 14.0. The Hall–Kier alpha value is -1.69. The second-order valence-corrected chi connectivity index (χ2v) is 4.90. The predicted molar refractivity (Wildman–Crippen MR) is 67.8 cm³/mol. The number of nitrogens with zero attached hydrogens (tertiary/aromatic N) is 1. The van der Waals surface area contributed by atoms with Crippen LogP contribution in [0.2, 0.25) is 5.02 Å². The number of carbonyl (C=O) groups is 1. The molecule has 1 aromatic carbocycles. The lowest BCUT2D eigenvalue weighted by Gasteiger charge is -2.12. The average Bonchev–Trinajstić information content (AvgIpc) is 2.81. The smallest absolute Gasteiger partial charge is 0.305 e. The SMILES string of the molecule is O=C(NC1CCCC1)c1cc([N+](=O)[O-])c(F)cc1Cl. The third-order valence-corrected chi connectivity index (χ3v) is 3.48. The largest absolute Gasteiger partial charge is 0.349 e. The molecule has 1 aromatic rings. The second-order valence-electron chi connectivity index (χ2n) is 4.50. The number of benzene rings is 1. The van der Waals surface area contributed by atoms with Gasteiger partial charge in [0.05, 0.1) is 15.5 Å². The Labute approximate surface area is 113 Å². The second kappa shape index (κ2) is 5.52. The van der Waals surface area contributed by atoms with Crippen LogP contribution in [0, 0.1) is 15.9 Å². The normalized spacial score (nSPS) is 15.5. The van der Waals surface area contributed by atoms with Gasteiger partial charge in [-0.3, -0.25) is 14.9 Å². The van der Waals surface area contributed by atoms with Crippen LogP contribution in [0.25, 0.3) is 0 Å². The number of halogens is 2. The highest BCUT2D eigenvalue weighted by molar-refractivity contribution is 6.34. The summed E-state index contributed by atoms with van der Waals surface area (Å²) in [5.41, 5.74) is -0.817. The molecule has 2 rings (SSSR count). The zero-order valence-electron chi connectivity index (χ0n) is 9.99. The van der Waals surface area contributed by atoms with Crippen LogP contribution in [0.4, 0.5) is 10.1 Å². The van der Waals surface area contributed by atoms with Crippen molar-refractivity contribution in [3.8, 4) is 0 Å². The highest BCUT2D eigenvalue weighted by Gasteiger charge is 2.24.